The van der Waals surface area contributed by atoms with Crippen LogP contribution in [0.5, 0.6) is 0 Å². The molecule has 1 aliphatic rings. The molecule has 1 aromatic rings. The van der Waals surface area contributed by atoms with Gasteiger partial charge in [0.25, 0.3) is 0 Å². The molecule has 0 aromatic heterocycles. The van der Waals surface area contributed by atoms with Crippen LogP contribution in [0.2, 0.25) is 5.02 Å². The monoisotopic (exact) mass is 253 g/mol. The highest BCUT2D eigenvalue weighted by Crippen LogP contribution is 2.29. The minimum Gasteiger partial charge on any atom is -0.480 e. The van der Waals surface area contributed by atoms with E-state index in [-0.39, 0.29) is 6.54 Å². The van der Waals surface area contributed by atoms with E-state index >= 15 is 0 Å². The van der Waals surface area contributed by atoms with Gasteiger partial charge in [0, 0.05) is 17.3 Å². The molecule has 1 fully saturated rings. The average molecular weight is 254 g/mol. The Kier molecular flexibility index (Phi) is 3.89. The Bertz CT molecular complexity index is 387. The third-order valence-corrected chi connectivity index (χ3v) is 3.47. The third kappa shape index (κ3) is 3.37. The second kappa shape index (κ2) is 5.41. The van der Waals surface area contributed by atoms with Gasteiger partial charge in [-0.1, -0.05) is 18.0 Å². The lowest BCUT2D eigenvalue weighted by molar-refractivity contribution is -0.135. The van der Waals surface area contributed by atoms with Crippen molar-refractivity contribution in [3.8, 4) is 0 Å². The largest absolute Gasteiger partial charge is 0.480 e. The van der Waals surface area contributed by atoms with Crippen molar-refractivity contribution in [1.29, 1.82) is 0 Å². The smallest absolute Gasteiger partial charge is 0.323 e. The van der Waals surface area contributed by atoms with Gasteiger partial charge < -0.3 is 10.0 Å². The Hall–Kier alpha value is -1.22. The van der Waals surface area contributed by atoms with Crippen molar-refractivity contribution in [2.45, 2.75) is 19.3 Å². The molecular weight excluding hydrogens is 238 g/mol. The van der Waals surface area contributed by atoms with Gasteiger partial charge in [-0.3, -0.25) is 4.79 Å². The molecule has 0 saturated heterocycles. The van der Waals surface area contributed by atoms with Crippen molar-refractivity contribution in [1.82, 2.24) is 0 Å². The average Bonchev–Trinajstić information content (AvgIpc) is 2.22. The van der Waals surface area contributed by atoms with E-state index in [0.29, 0.717) is 10.9 Å². The van der Waals surface area contributed by atoms with E-state index in [4.69, 9.17) is 16.7 Å². The van der Waals surface area contributed by atoms with Crippen molar-refractivity contribution in [3.63, 3.8) is 0 Å². The Balaban J connectivity index is 2.07. The molecule has 0 atom stereocenters. The number of carboxylic acid groups (broad SMARTS) is 1. The Morgan fingerprint density at radius 2 is 2.00 bits per heavy atom. The Morgan fingerprint density at radius 3 is 2.47 bits per heavy atom. The lowest BCUT2D eigenvalue weighted by atomic mass is 9.85. The molecule has 4 heteroatoms. The summed E-state index contributed by atoms with van der Waals surface area (Å²) in [7, 11) is 0. The minimum absolute atomic E-state index is 0.0537. The maximum Gasteiger partial charge on any atom is 0.323 e. The fraction of sp³-hybridized carbons (Fsp3) is 0.462. The first-order valence-electron chi connectivity index (χ1n) is 5.87. The number of hydrogen-bond acceptors (Lipinski definition) is 2. The van der Waals surface area contributed by atoms with Crippen LogP contribution in [0.1, 0.15) is 19.3 Å². The van der Waals surface area contributed by atoms with Crippen LogP contribution in [0.15, 0.2) is 24.3 Å². The van der Waals surface area contributed by atoms with Gasteiger partial charge in [0.15, 0.2) is 0 Å². The number of nitrogens with zero attached hydrogens (tertiary/aromatic N) is 1. The molecule has 0 amide bonds. The summed E-state index contributed by atoms with van der Waals surface area (Å²) in [6.07, 6.45) is 3.69. The first-order valence-corrected chi connectivity index (χ1v) is 6.25. The van der Waals surface area contributed by atoms with Gasteiger partial charge >= 0.3 is 5.97 Å². The summed E-state index contributed by atoms with van der Waals surface area (Å²) in [6.45, 7) is 0.881. The second-order valence-corrected chi connectivity index (χ2v) is 4.98. The Labute approximate surface area is 106 Å². The molecule has 0 unspecified atom stereocenters. The summed E-state index contributed by atoms with van der Waals surface area (Å²) >= 11 is 5.83. The molecular formula is C13H16ClNO2. The van der Waals surface area contributed by atoms with Gasteiger partial charge in [0.2, 0.25) is 0 Å². The van der Waals surface area contributed by atoms with Crippen LogP contribution in [0.25, 0.3) is 0 Å². The molecule has 0 bridgehead atoms. The summed E-state index contributed by atoms with van der Waals surface area (Å²) in [6, 6.07) is 7.35. The molecule has 3 nitrogen and oxygen atoms in total. The first kappa shape index (κ1) is 12.2. The summed E-state index contributed by atoms with van der Waals surface area (Å²) in [5, 5.41) is 9.61. The maximum absolute atomic E-state index is 10.9. The predicted octanol–water partition coefficient (Wildman–Crippen LogP) is 3.03. The van der Waals surface area contributed by atoms with Crippen molar-refractivity contribution in [2.75, 3.05) is 18.0 Å². The zero-order valence-electron chi connectivity index (χ0n) is 9.60. The van der Waals surface area contributed by atoms with Gasteiger partial charge in [-0.05, 0) is 43.0 Å². The summed E-state index contributed by atoms with van der Waals surface area (Å²) in [5.74, 6) is -0.149. The predicted molar refractivity (Wildman–Crippen MR) is 68.6 cm³/mol. The topological polar surface area (TPSA) is 40.5 Å². The third-order valence-electron chi connectivity index (χ3n) is 3.22. The number of anilines is 1. The van der Waals surface area contributed by atoms with E-state index < -0.39 is 5.97 Å². The fourth-order valence-corrected chi connectivity index (χ4v) is 2.19. The number of aliphatic carboxylic acids is 1. The van der Waals surface area contributed by atoms with Crippen molar-refractivity contribution < 1.29 is 9.90 Å². The van der Waals surface area contributed by atoms with E-state index in [9.17, 15) is 4.79 Å². The summed E-state index contributed by atoms with van der Waals surface area (Å²) < 4.78 is 0. The molecule has 0 heterocycles. The molecule has 1 N–H and O–H groups in total. The number of rotatable bonds is 5. The van der Waals surface area contributed by atoms with Gasteiger partial charge in [0.1, 0.15) is 6.54 Å². The number of carbonyl (C=O) groups is 1. The molecule has 1 aromatic carbocycles. The highest BCUT2D eigenvalue weighted by molar-refractivity contribution is 6.30. The second-order valence-electron chi connectivity index (χ2n) is 4.55. The van der Waals surface area contributed by atoms with E-state index in [1.54, 1.807) is 12.1 Å². The van der Waals surface area contributed by atoms with E-state index in [0.717, 1.165) is 12.2 Å². The number of hydrogen-bond donors (Lipinski definition) is 1. The minimum atomic E-state index is -0.792. The highest BCUT2D eigenvalue weighted by Gasteiger charge is 2.22. The summed E-state index contributed by atoms with van der Waals surface area (Å²) in [4.78, 5) is 12.8. The number of halogens is 1. The van der Waals surface area contributed by atoms with Crippen LogP contribution in [-0.4, -0.2) is 24.2 Å². The van der Waals surface area contributed by atoms with Crippen LogP contribution in [0, 0.1) is 5.92 Å². The molecule has 17 heavy (non-hydrogen) atoms. The number of benzene rings is 1. The lowest BCUT2D eigenvalue weighted by Gasteiger charge is -2.32. The zero-order valence-corrected chi connectivity index (χ0v) is 10.4. The van der Waals surface area contributed by atoms with Crippen LogP contribution in [0.4, 0.5) is 5.69 Å². The van der Waals surface area contributed by atoms with Gasteiger partial charge in [-0.15, -0.1) is 0 Å². The molecule has 0 radical (unpaired) electrons. The SMILES string of the molecule is O=C(O)CN(CC1CCC1)c1ccc(Cl)cc1. The van der Waals surface area contributed by atoms with Crippen molar-refractivity contribution in [2.24, 2.45) is 5.92 Å². The number of carboxylic acids is 1. The lowest BCUT2D eigenvalue weighted by Crippen LogP contribution is -2.36. The fourth-order valence-electron chi connectivity index (χ4n) is 2.06. The Morgan fingerprint density at radius 1 is 1.35 bits per heavy atom. The van der Waals surface area contributed by atoms with Crippen LogP contribution in [-0.2, 0) is 4.79 Å². The first-order chi connectivity index (χ1) is 8.15. The van der Waals surface area contributed by atoms with Crippen LogP contribution in [0.3, 0.4) is 0 Å². The normalized spacial score (nSPS) is 15.4. The highest BCUT2D eigenvalue weighted by atomic mass is 35.5. The van der Waals surface area contributed by atoms with Crippen molar-refractivity contribution in [3.05, 3.63) is 29.3 Å². The van der Waals surface area contributed by atoms with E-state index in [1.165, 1.54) is 19.3 Å². The molecule has 2 rings (SSSR count). The summed E-state index contributed by atoms with van der Waals surface area (Å²) in [5.41, 5.74) is 0.934. The van der Waals surface area contributed by atoms with Gasteiger partial charge in [0.05, 0.1) is 0 Å². The quantitative estimate of drug-likeness (QED) is 0.877. The molecule has 1 aliphatic carbocycles. The van der Waals surface area contributed by atoms with Gasteiger partial charge in [-0.25, -0.2) is 0 Å². The van der Waals surface area contributed by atoms with E-state index in [1.807, 2.05) is 17.0 Å². The standard InChI is InChI=1S/C13H16ClNO2/c14-11-4-6-12(7-5-11)15(9-13(16)17)8-10-2-1-3-10/h4-7,10H,1-3,8-9H2,(H,16,17). The van der Waals surface area contributed by atoms with Crippen LogP contribution >= 0.6 is 11.6 Å². The van der Waals surface area contributed by atoms with Crippen LogP contribution < -0.4 is 4.90 Å². The molecule has 92 valence electrons. The zero-order chi connectivity index (χ0) is 12.3. The van der Waals surface area contributed by atoms with Gasteiger partial charge in [-0.2, -0.15) is 0 Å². The molecule has 0 aliphatic heterocycles. The maximum atomic E-state index is 10.9. The van der Waals surface area contributed by atoms with E-state index in [2.05, 4.69) is 0 Å². The molecule has 1 saturated carbocycles. The molecule has 0 spiro atoms. The van der Waals surface area contributed by atoms with Crippen molar-refractivity contribution >= 4 is 23.3 Å².